The van der Waals surface area contributed by atoms with E-state index in [0.29, 0.717) is 11.6 Å². The Bertz CT molecular complexity index is 334. The third-order valence-corrected chi connectivity index (χ3v) is 3.61. The van der Waals surface area contributed by atoms with Crippen LogP contribution < -0.4 is 5.32 Å². The fourth-order valence-corrected chi connectivity index (χ4v) is 2.65. The summed E-state index contributed by atoms with van der Waals surface area (Å²) in [5.74, 6) is -0.914. The number of hydrogen-bond donors (Lipinski definition) is 2. The molecular formula is C10H16N2O4S. The highest BCUT2D eigenvalue weighted by atomic mass is 32.2. The Morgan fingerprint density at radius 3 is 2.71 bits per heavy atom. The molecule has 6 nitrogen and oxygen atoms in total. The molecule has 0 saturated carbocycles. The number of aliphatic carboxylic acids is 1. The van der Waals surface area contributed by atoms with Crippen LogP contribution in [-0.2, 0) is 14.4 Å². The van der Waals surface area contributed by atoms with Crippen molar-refractivity contribution in [2.75, 3.05) is 18.2 Å². The van der Waals surface area contributed by atoms with E-state index in [-0.39, 0.29) is 18.4 Å². The number of carboxylic acid groups (broad SMARTS) is 1. The van der Waals surface area contributed by atoms with E-state index in [9.17, 15) is 14.4 Å². The minimum absolute atomic E-state index is 0.0844. The normalized spacial score (nSPS) is 21.1. The summed E-state index contributed by atoms with van der Waals surface area (Å²) in [7, 11) is 0. The zero-order valence-electron chi connectivity index (χ0n) is 9.80. The number of nitrogens with one attached hydrogen (secondary N) is 1. The van der Waals surface area contributed by atoms with E-state index in [4.69, 9.17) is 5.11 Å². The molecule has 2 atom stereocenters. The summed E-state index contributed by atoms with van der Waals surface area (Å²) in [4.78, 5) is 35.1. The maximum Gasteiger partial charge on any atom is 0.308 e. The van der Waals surface area contributed by atoms with Crippen molar-refractivity contribution in [3.8, 4) is 0 Å². The number of carbonyl (C=O) groups is 3. The van der Waals surface area contributed by atoms with E-state index in [0.717, 1.165) is 0 Å². The van der Waals surface area contributed by atoms with Gasteiger partial charge in [0.05, 0.1) is 11.8 Å². The second-order valence-electron chi connectivity index (χ2n) is 3.99. The van der Waals surface area contributed by atoms with Crippen LogP contribution in [0.3, 0.4) is 0 Å². The van der Waals surface area contributed by atoms with Crippen LogP contribution in [-0.4, -0.2) is 52.0 Å². The van der Waals surface area contributed by atoms with Crippen LogP contribution in [0, 0.1) is 5.92 Å². The predicted molar refractivity (Wildman–Crippen MR) is 63.4 cm³/mol. The quantitative estimate of drug-likeness (QED) is 0.727. The van der Waals surface area contributed by atoms with Gasteiger partial charge in [0, 0.05) is 19.2 Å². The minimum Gasteiger partial charge on any atom is -0.481 e. The van der Waals surface area contributed by atoms with Crippen LogP contribution in [0.5, 0.6) is 0 Å². The smallest absolute Gasteiger partial charge is 0.308 e. The van der Waals surface area contributed by atoms with Crippen LogP contribution in [0.15, 0.2) is 0 Å². The Hall–Kier alpha value is -1.24. The van der Waals surface area contributed by atoms with Crippen LogP contribution in [0.4, 0.5) is 0 Å². The minimum atomic E-state index is -0.950. The first-order valence-electron chi connectivity index (χ1n) is 5.29. The average Bonchev–Trinajstić information content (AvgIpc) is 2.73. The molecule has 0 spiro atoms. The highest BCUT2D eigenvalue weighted by Gasteiger charge is 2.32. The second kappa shape index (κ2) is 5.90. The standard InChI is InChI=1S/C10H16N2O4S/c1-6(10(15)16)3-11-9(14)8-4-17-5-12(8)7(2)13/h6,8H,3-5H2,1-2H3,(H,11,14)(H,15,16)/t6-,8+/m1/s1. The number of amides is 2. The van der Waals surface area contributed by atoms with Crippen molar-refractivity contribution in [2.24, 2.45) is 5.92 Å². The lowest BCUT2D eigenvalue weighted by Gasteiger charge is -2.21. The first-order valence-corrected chi connectivity index (χ1v) is 6.44. The molecule has 1 aliphatic heterocycles. The van der Waals surface area contributed by atoms with Crippen molar-refractivity contribution >= 4 is 29.5 Å². The zero-order chi connectivity index (χ0) is 13.0. The molecule has 0 aromatic heterocycles. The van der Waals surface area contributed by atoms with Gasteiger partial charge in [-0.15, -0.1) is 11.8 Å². The average molecular weight is 260 g/mol. The van der Waals surface area contributed by atoms with Crippen molar-refractivity contribution in [3.05, 3.63) is 0 Å². The van der Waals surface area contributed by atoms with Gasteiger partial charge in [0.2, 0.25) is 11.8 Å². The van der Waals surface area contributed by atoms with Crippen molar-refractivity contribution in [3.63, 3.8) is 0 Å². The molecule has 2 N–H and O–H groups in total. The van der Waals surface area contributed by atoms with E-state index in [1.807, 2.05) is 0 Å². The summed E-state index contributed by atoms with van der Waals surface area (Å²) >= 11 is 1.52. The Labute approximate surface area is 104 Å². The summed E-state index contributed by atoms with van der Waals surface area (Å²) in [5.41, 5.74) is 0. The molecule has 17 heavy (non-hydrogen) atoms. The fraction of sp³-hybridized carbons (Fsp3) is 0.700. The molecule has 7 heteroatoms. The molecule has 0 bridgehead atoms. The molecule has 0 aliphatic carbocycles. The van der Waals surface area contributed by atoms with Crippen molar-refractivity contribution < 1.29 is 19.5 Å². The molecule has 0 unspecified atom stereocenters. The number of thioether (sulfide) groups is 1. The molecule has 1 saturated heterocycles. The van der Waals surface area contributed by atoms with E-state index < -0.39 is 17.9 Å². The molecule has 0 aromatic rings. The fourth-order valence-electron chi connectivity index (χ4n) is 1.43. The van der Waals surface area contributed by atoms with E-state index >= 15 is 0 Å². The maximum absolute atomic E-state index is 11.8. The number of carboxylic acids is 1. The highest BCUT2D eigenvalue weighted by Crippen LogP contribution is 2.20. The number of rotatable bonds is 4. The lowest BCUT2D eigenvalue weighted by atomic mass is 10.2. The van der Waals surface area contributed by atoms with Gasteiger partial charge in [-0.05, 0) is 0 Å². The van der Waals surface area contributed by atoms with Crippen LogP contribution in [0.1, 0.15) is 13.8 Å². The van der Waals surface area contributed by atoms with Gasteiger partial charge in [0.25, 0.3) is 0 Å². The molecule has 0 radical (unpaired) electrons. The Morgan fingerprint density at radius 1 is 1.53 bits per heavy atom. The summed E-state index contributed by atoms with van der Waals surface area (Å²) in [6.45, 7) is 3.03. The number of nitrogens with zero attached hydrogens (tertiary/aromatic N) is 1. The van der Waals surface area contributed by atoms with Crippen LogP contribution in [0.2, 0.25) is 0 Å². The number of hydrogen-bond acceptors (Lipinski definition) is 4. The van der Waals surface area contributed by atoms with Gasteiger partial charge in [-0.25, -0.2) is 0 Å². The summed E-state index contributed by atoms with van der Waals surface area (Å²) in [6.07, 6.45) is 0. The molecule has 96 valence electrons. The van der Waals surface area contributed by atoms with Gasteiger partial charge in [0.1, 0.15) is 6.04 Å². The first-order chi connectivity index (χ1) is 7.93. The second-order valence-corrected chi connectivity index (χ2v) is 4.99. The monoisotopic (exact) mass is 260 g/mol. The van der Waals surface area contributed by atoms with Crippen molar-refractivity contribution in [1.29, 1.82) is 0 Å². The van der Waals surface area contributed by atoms with Gasteiger partial charge in [0.15, 0.2) is 0 Å². The van der Waals surface area contributed by atoms with Crippen LogP contribution >= 0.6 is 11.8 Å². The lowest BCUT2D eigenvalue weighted by molar-refractivity contribution is -0.141. The summed E-state index contributed by atoms with van der Waals surface area (Å²) < 4.78 is 0. The molecule has 1 rings (SSSR count). The predicted octanol–water partition coefficient (Wildman–Crippen LogP) is -0.255. The van der Waals surface area contributed by atoms with E-state index in [1.165, 1.54) is 30.5 Å². The molecule has 1 heterocycles. The SMILES string of the molecule is CC(=O)N1CSC[C@H]1C(=O)NC[C@@H](C)C(=O)O. The topological polar surface area (TPSA) is 86.7 Å². The molecule has 2 amide bonds. The van der Waals surface area contributed by atoms with Crippen molar-refractivity contribution in [2.45, 2.75) is 19.9 Å². The first kappa shape index (κ1) is 13.8. The van der Waals surface area contributed by atoms with Gasteiger partial charge in [-0.2, -0.15) is 0 Å². The highest BCUT2D eigenvalue weighted by molar-refractivity contribution is 7.99. The van der Waals surface area contributed by atoms with Crippen LogP contribution in [0.25, 0.3) is 0 Å². The number of carbonyl (C=O) groups excluding carboxylic acids is 2. The molecular weight excluding hydrogens is 244 g/mol. The lowest BCUT2D eigenvalue weighted by Crippen LogP contribution is -2.47. The summed E-state index contributed by atoms with van der Waals surface area (Å²) in [6, 6.07) is -0.474. The largest absolute Gasteiger partial charge is 0.481 e. The third kappa shape index (κ3) is 3.62. The van der Waals surface area contributed by atoms with E-state index in [2.05, 4.69) is 5.32 Å². The van der Waals surface area contributed by atoms with Gasteiger partial charge in [-0.1, -0.05) is 6.92 Å². The third-order valence-electron chi connectivity index (χ3n) is 2.59. The zero-order valence-corrected chi connectivity index (χ0v) is 10.6. The Balaban J connectivity index is 2.47. The Morgan fingerprint density at radius 2 is 2.18 bits per heavy atom. The maximum atomic E-state index is 11.8. The molecule has 0 aromatic carbocycles. The van der Waals surface area contributed by atoms with Gasteiger partial charge >= 0.3 is 5.97 Å². The molecule has 1 fully saturated rings. The molecule has 1 aliphatic rings. The van der Waals surface area contributed by atoms with Crippen molar-refractivity contribution in [1.82, 2.24) is 10.2 Å². The van der Waals surface area contributed by atoms with E-state index in [1.54, 1.807) is 0 Å². The van der Waals surface area contributed by atoms with Gasteiger partial charge < -0.3 is 15.3 Å². The van der Waals surface area contributed by atoms with Gasteiger partial charge in [-0.3, -0.25) is 14.4 Å². The summed E-state index contributed by atoms with van der Waals surface area (Å²) in [5, 5.41) is 11.2. The Kier molecular flexibility index (Phi) is 4.80.